The molecule has 3 N–H and O–H groups in total. The van der Waals surface area contributed by atoms with Crippen LogP contribution in [-0.2, 0) is 6.18 Å². The number of allylic oxidation sites excluding steroid dienone is 3. The Hall–Kier alpha value is -2.05. The van der Waals surface area contributed by atoms with Gasteiger partial charge in [0.05, 0.1) is 11.5 Å². The Balaban J connectivity index is 0.00000261. The fraction of sp³-hybridized carbons (Fsp3) is 0.200. The molecule has 1 atom stereocenters. The van der Waals surface area contributed by atoms with Gasteiger partial charge in [-0.05, 0) is 42.7 Å². The SMILES string of the molecule is CC1=C(N)C(c2ccc(C(F)(F)F)cc2S)C(c2ccccc2)=C(C)N1.Cl. The molecular formula is C20H20ClF3N2S. The van der Waals surface area contributed by atoms with Crippen LogP contribution in [0.4, 0.5) is 13.2 Å². The van der Waals surface area contributed by atoms with Crippen LogP contribution in [-0.4, -0.2) is 0 Å². The predicted molar refractivity (Wildman–Crippen MR) is 108 cm³/mol. The number of hydrogen-bond donors (Lipinski definition) is 3. The van der Waals surface area contributed by atoms with Gasteiger partial charge < -0.3 is 11.1 Å². The van der Waals surface area contributed by atoms with E-state index in [-0.39, 0.29) is 23.2 Å². The highest BCUT2D eigenvalue weighted by molar-refractivity contribution is 7.80. The van der Waals surface area contributed by atoms with Crippen LogP contribution in [0.15, 0.2) is 70.5 Å². The van der Waals surface area contributed by atoms with Crippen LogP contribution in [0.5, 0.6) is 0 Å². The highest BCUT2D eigenvalue weighted by atomic mass is 35.5. The maximum atomic E-state index is 13.0. The van der Waals surface area contributed by atoms with Crippen molar-refractivity contribution in [2.75, 3.05) is 0 Å². The highest BCUT2D eigenvalue weighted by Gasteiger charge is 2.33. The molecule has 0 saturated carbocycles. The minimum Gasteiger partial charge on any atom is -0.400 e. The van der Waals surface area contributed by atoms with E-state index in [1.165, 1.54) is 6.07 Å². The fourth-order valence-corrected chi connectivity index (χ4v) is 3.64. The van der Waals surface area contributed by atoms with E-state index in [1.54, 1.807) is 0 Å². The first-order valence-corrected chi connectivity index (χ1v) is 8.54. The van der Waals surface area contributed by atoms with Gasteiger partial charge in [0.2, 0.25) is 0 Å². The van der Waals surface area contributed by atoms with Crippen LogP contribution in [0, 0.1) is 0 Å². The highest BCUT2D eigenvalue weighted by Crippen LogP contribution is 2.44. The topological polar surface area (TPSA) is 38.0 Å². The van der Waals surface area contributed by atoms with Gasteiger partial charge in [0.25, 0.3) is 0 Å². The quantitative estimate of drug-likeness (QED) is 0.551. The van der Waals surface area contributed by atoms with Crippen molar-refractivity contribution < 1.29 is 13.2 Å². The molecule has 144 valence electrons. The van der Waals surface area contributed by atoms with Crippen LogP contribution >= 0.6 is 25.0 Å². The molecule has 2 nitrogen and oxygen atoms in total. The molecule has 27 heavy (non-hydrogen) atoms. The number of rotatable bonds is 2. The van der Waals surface area contributed by atoms with Crippen molar-refractivity contribution in [1.82, 2.24) is 5.32 Å². The summed E-state index contributed by atoms with van der Waals surface area (Å²) in [5.41, 5.74) is 10.5. The molecule has 0 spiro atoms. The number of dihydropyridines is 1. The van der Waals surface area contributed by atoms with E-state index in [4.69, 9.17) is 5.73 Å². The minimum atomic E-state index is -4.41. The molecule has 0 aliphatic carbocycles. The molecule has 0 saturated heterocycles. The van der Waals surface area contributed by atoms with Crippen molar-refractivity contribution in [1.29, 1.82) is 0 Å². The number of hydrogen-bond acceptors (Lipinski definition) is 3. The first kappa shape index (κ1) is 21.3. The van der Waals surface area contributed by atoms with Gasteiger partial charge in [-0.1, -0.05) is 36.4 Å². The normalized spacial score (nSPS) is 17.5. The third-order valence-corrected chi connectivity index (χ3v) is 4.95. The lowest BCUT2D eigenvalue weighted by molar-refractivity contribution is -0.137. The van der Waals surface area contributed by atoms with E-state index in [0.717, 1.165) is 34.7 Å². The molecule has 1 unspecified atom stereocenters. The molecule has 0 bridgehead atoms. The average molecular weight is 413 g/mol. The van der Waals surface area contributed by atoms with Crippen LogP contribution in [0.1, 0.15) is 36.5 Å². The molecule has 1 aliphatic rings. The standard InChI is InChI=1S/C20H19F3N2S.ClH/c1-11-17(13-6-4-3-5-7-13)18(19(24)12(2)25-11)15-9-8-14(10-16(15)26)20(21,22)23;/h3-10,18,25-26H,24H2,1-2H3;1H. The Kier molecular flexibility index (Phi) is 6.22. The number of halogens is 4. The molecule has 2 aromatic rings. The van der Waals surface area contributed by atoms with Gasteiger partial charge in [0.15, 0.2) is 0 Å². The Morgan fingerprint density at radius 2 is 1.63 bits per heavy atom. The summed E-state index contributed by atoms with van der Waals surface area (Å²) >= 11 is 4.34. The Morgan fingerprint density at radius 1 is 1.00 bits per heavy atom. The molecule has 0 fully saturated rings. The van der Waals surface area contributed by atoms with Crippen LogP contribution in [0.25, 0.3) is 5.57 Å². The predicted octanol–water partition coefficient (Wildman–Crippen LogP) is 5.72. The lowest BCUT2D eigenvalue weighted by atomic mass is 9.80. The Morgan fingerprint density at radius 3 is 2.19 bits per heavy atom. The lowest BCUT2D eigenvalue weighted by Gasteiger charge is -2.32. The largest absolute Gasteiger partial charge is 0.416 e. The van der Waals surface area contributed by atoms with E-state index in [1.807, 2.05) is 44.2 Å². The molecule has 0 amide bonds. The molecule has 0 aromatic heterocycles. The fourth-order valence-electron chi connectivity index (χ4n) is 3.30. The maximum Gasteiger partial charge on any atom is 0.416 e. The van der Waals surface area contributed by atoms with Crippen LogP contribution in [0.2, 0.25) is 0 Å². The van der Waals surface area contributed by atoms with E-state index in [2.05, 4.69) is 17.9 Å². The summed E-state index contributed by atoms with van der Waals surface area (Å²) < 4.78 is 39.0. The molecule has 7 heteroatoms. The van der Waals surface area contributed by atoms with E-state index in [9.17, 15) is 13.2 Å². The molecule has 1 heterocycles. The van der Waals surface area contributed by atoms with Gasteiger partial charge in [-0.25, -0.2) is 0 Å². The van der Waals surface area contributed by atoms with Crippen molar-refractivity contribution in [2.45, 2.75) is 30.8 Å². The van der Waals surface area contributed by atoms with E-state index < -0.39 is 11.7 Å². The van der Waals surface area contributed by atoms with Crippen molar-refractivity contribution in [2.24, 2.45) is 5.73 Å². The third-order valence-electron chi connectivity index (χ3n) is 4.57. The lowest BCUT2D eigenvalue weighted by Crippen LogP contribution is -2.27. The second kappa shape index (κ2) is 7.90. The van der Waals surface area contributed by atoms with Gasteiger partial charge in [0.1, 0.15) is 0 Å². The van der Waals surface area contributed by atoms with Gasteiger partial charge in [0, 0.05) is 22.0 Å². The monoisotopic (exact) mass is 412 g/mol. The van der Waals surface area contributed by atoms with Crippen LogP contribution < -0.4 is 11.1 Å². The number of thiol groups is 1. The summed E-state index contributed by atoms with van der Waals surface area (Å²) in [5, 5.41) is 3.26. The summed E-state index contributed by atoms with van der Waals surface area (Å²) in [7, 11) is 0. The molecule has 1 aliphatic heterocycles. The zero-order valence-corrected chi connectivity index (χ0v) is 16.5. The Labute approximate surface area is 168 Å². The zero-order valence-electron chi connectivity index (χ0n) is 14.8. The molecule has 0 radical (unpaired) electrons. The summed E-state index contributed by atoms with van der Waals surface area (Å²) in [4.78, 5) is 0.267. The summed E-state index contributed by atoms with van der Waals surface area (Å²) in [6.07, 6.45) is -4.41. The smallest absolute Gasteiger partial charge is 0.400 e. The van der Waals surface area contributed by atoms with Gasteiger partial charge in [-0.15, -0.1) is 25.0 Å². The van der Waals surface area contributed by atoms with Crippen molar-refractivity contribution in [3.63, 3.8) is 0 Å². The number of alkyl halides is 3. The maximum absolute atomic E-state index is 13.0. The summed E-state index contributed by atoms with van der Waals surface area (Å²) in [5.74, 6) is -0.367. The number of benzene rings is 2. The van der Waals surface area contributed by atoms with Crippen molar-refractivity contribution >= 4 is 30.6 Å². The van der Waals surface area contributed by atoms with Crippen molar-refractivity contribution in [3.05, 3.63) is 82.3 Å². The average Bonchev–Trinajstić information content (AvgIpc) is 2.58. The van der Waals surface area contributed by atoms with E-state index >= 15 is 0 Å². The number of nitrogens with two attached hydrogens (primary N) is 1. The van der Waals surface area contributed by atoms with E-state index in [0.29, 0.717) is 11.3 Å². The van der Waals surface area contributed by atoms with Gasteiger partial charge in [-0.2, -0.15) is 13.2 Å². The first-order chi connectivity index (χ1) is 12.2. The molecule has 3 rings (SSSR count). The Bertz CT molecular complexity index is 905. The molecular weight excluding hydrogens is 393 g/mol. The summed E-state index contributed by atoms with van der Waals surface area (Å²) in [6.45, 7) is 3.80. The second-order valence-corrected chi connectivity index (χ2v) is 6.80. The van der Waals surface area contributed by atoms with Crippen LogP contribution in [0.3, 0.4) is 0 Å². The third kappa shape index (κ3) is 4.12. The molecule has 2 aromatic carbocycles. The minimum absolute atomic E-state index is 0. The number of nitrogens with one attached hydrogen (secondary N) is 1. The van der Waals surface area contributed by atoms with Crippen molar-refractivity contribution in [3.8, 4) is 0 Å². The van der Waals surface area contributed by atoms with Gasteiger partial charge in [-0.3, -0.25) is 0 Å². The van der Waals surface area contributed by atoms with Gasteiger partial charge >= 0.3 is 6.18 Å². The zero-order chi connectivity index (χ0) is 19.1. The summed E-state index contributed by atoms with van der Waals surface area (Å²) in [6, 6.07) is 13.3. The second-order valence-electron chi connectivity index (χ2n) is 6.31. The first-order valence-electron chi connectivity index (χ1n) is 8.09.